The monoisotopic (exact) mass is 290 g/mol. The van der Waals surface area contributed by atoms with Crippen LogP contribution in [0.15, 0.2) is 42.5 Å². The third kappa shape index (κ3) is 3.86. The number of nitrogens with two attached hydrogens (primary N) is 1. The van der Waals surface area contributed by atoms with Gasteiger partial charge in [0.1, 0.15) is 11.6 Å². The van der Waals surface area contributed by atoms with Crippen LogP contribution in [0.3, 0.4) is 0 Å². The van der Waals surface area contributed by atoms with Crippen LogP contribution in [-0.4, -0.2) is 18.5 Å². The first-order valence-electron chi connectivity index (χ1n) is 6.92. The Morgan fingerprint density at radius 1 is 1.05 bits per heavy atom. The van der Waals surface area contributed by atoms with Crippen molar-refractivity contribution < 1.29 is 8.78 Å². The molecule has 2 aromatic rings. The van der Waals surface area contributed by atoms with Gasteiger partial charge in [-0.1, -0.05) is 18.2 Å². The molecule has 2 rings (SSSR count). The van der Waals surface area contributed by atoms with Gasteiger partial charge < -0.3 is 5.73 Å². The molecule has 0 aliphatic rings. The summed E-state index contributed by atoms with van der Waals surface area (Å²) >= 11 is 0. The second-order valence-electron chi connectivity index (χ2n) is 5.29. The highest BCUT2D eigenvalue weighted by Gasteiger charge is 2.18. The summed E-state index contributed by atoms with van der Waals surface area (Å²) in [5.41, 5.74) is 8.81. The minimum Gasteiger partial charge on any atom is -0.329 e. The Bertz CT molecular complexity index is 596. The SMILES string of the molecule is Cc1cc(F)ccc1C(CN)N(C)Cc1ccc(F)cc1. The zero-order valence-corrected chi connectivity index (χ0v) is 12.3. The number of rotatable bonds is 5. The van der Waals surface area contributed by atoms with Crippen LogP contribution >= 0.6 is 0 Å². The van der Waals surface area contributed by atoms with Crippen molar-refractivity contribution in [1.82, 2.24) is 4.90 Å². The fourth-order valence-electron chi connectivity index (χ4n) is 2.55. The molecule has 2 nitrogen and oxygen atoms in total. The summed E-state index contributed by atoms with van der Waals surface area (Å²) in [5.74, 6) is -0.487. The number of likely N-dealkylation sites (N-methyl/N-ethyl adjacent to an activating group) is 1. The number of nitrogens with zero attached hydrogens (tertiary/aromatic N) is 1. The maximum Gasteiger partial charge on any atom is 0.123 e. The molecular formula is C17H20F2N2. The minimum absolute atomic E-state index is 0.00402. The van der Waals surface area contributed by atoms with E-state index in [1.807, 2.05) is 14.0 Å². The van der Waals surface area contributed by atoms with E-state index in [4.69, 9.17) is 5.73 Å². The quantitative estimate of drug-likeness (QED) is 0.914. The second-order valence-corrected chi connectivity index (χ2v) is 5.29. The first kappa shape index (κ1) is 15.6. The van der Waals surface area contributed by atoms with Gasteiger partial charge in [-0.15, -0.1) is 0 Å². The molecule has 1 unspecified atom stereocenters. The third-order valence-electron chi connectivity index (χ3n) is 3.69. The normalized spacial score (nSPS) is 12.7. The molecule has 0 spiro atoms. The van der Waals surface area contributed by atoms with E-state index in [2.05, 4.69) is 4.90 Å². The summed E-state index contributed by atoms with van der Waals surface area (Å²) in [6.07, 6.45) is 0. The lowest BCUT2D eigenvalue weighted by Crippen LogP contribution is -2.30. The molecule has 1 atom stereocenters. The Balaban J connectivity index is 2.18. The molecule has 2 N–H and O–H groups in total. The number of benzene rings is 2. The minimum atomic E-state index is -0.244. The van der Waals surface area contributed by atoms with Crippen LogP contribution in [0.2, 0.25) is 0 Å². The first-order valence-corrected chi connectivity index (χ1v) is 6.92. The number of hydrogen-bond donors (Lipinski definition) is 1. The highest BCUT2D eigenvalue weighted by molar-refractivity contribution is 5.30. The van der Waals surface area contributed by atoms with Crippen molar-refractivity contribution in [3.63, 3.8) is 0 Å². The van der Waals surface area contributed by atoms with E-state index in [0.29, 0.717) is 13.1 Å². The maximum absolute atomic E-state index is 13.2. The summed E-state index contributed by atoms with van der Waals surface area (Å²) in [6.45, 7) is 2.97. The highest BCUT2D eigenvalue weighted by atomic mass is 19.1. The molecule has 4 heteroatoms. The van der Waals surface area contributed by atoms with Gasteiger partial charge in [-0.3, -0.25) is 4.90 Å². The fourth-order valence-corrected chi connectivity index (χ4v) is 2.55. The van der Waals surface area contributed by atoms with E-state index < -0.39 is 0 Å². The first-order chi connectivity index (χ1) is 10.0. The van der Waals surface area contributed by atoms with Gasteiger partial charge in [-0.25, -0.2) is 8.78 Å². The number of halogens is 2. The van der Waals surface area contributed by atoms with Gasteiger partial charge in [0, 0.05) is 19.1 Å². The summed E-state index contributed by atoms with van der Waals surface area (Å²) in [6, 6.07) is 11.2. The molecule has 0 saturated carbocycles. The van der Waals surface area contributed by atoms with Crippen LogP contribution in [-0.2, 0) is 6.54 Å². The van der Waals surface area contributed by atoms with E-state index in [9.17, 15) is 8.78 Å². The molecule has 0 bridgehead atoms. The van der Waals surface area contributed by atoms with Crippen molar-refractivity contribution in [3.8, 4) is 0 Å². The lowest BCUT2D eigenvalue weighted by Gasteiger charge is -2.28. The lowest BCUT2D eigenvalue weighted by atomic mass is 9.99. The topological polar surface area (TPSA) is 29.3 Å². The van der Waals surface area contributed by atoms with Crippen molar-refractivity contribution in [3.05, 3.63) is 70.8 Å². The smallest absolute Gasteiger partial charge is 0.123 e. The molecule has 0 aromatic heterocycles. The van der Waals surface area contributed by atoms with Crippen molar-refractivity contribution in [2.45, 2.75) is 19.5 Å². The van der Waals surface area contributed by atoms with Gasteiger partial charge in [0.25, 0.3) is 0 Å². The largest absolute Gasteiger partial charge is 0.329 e. The number of aryl methyl sites for hydroxylation is 1. The summed E-state index contributed by atoms with van der Waals surface area (Å²) in [4.78, 5) is 2.09. The molecule has 0 saturated heterocycles. The van der Waals surface area contributed by atoms with Gasteiger partial charge in [0.15, 0.2) is 0 Å². The molecule has 0 heterocycles. The van der Waals surface area contributed by atoms with Crippen molar-refractivity contribution >= 4 is 0 Å². The zero-order valence-electron chi connectivity index (χ0n) is 12.3. The van der Waals surface area contributed by atoms with Gasteiger partial charge in [-0.05, 0) is 54.9 Å². The van der Waals surface area contributed by atoms with Crippen LogP contribution in [0.4, 0.5) is 8.78 Å². The van der Waals surface area contributed by atoms with Gasteiger partial charge in [0.2, 0.25) is 0 Å². The number of hydrogen-bond acceptors (Lipinski definition) is 2. The highest BCUT2D eigenvalue weighted by Crippen LogP contribution is 2.24. The van der Waals surface area contributed by atoms with E-state index in [0.717, 1.165) is 16.7 Å². The Hall–Kier alpha value is -1.78. The van der Waals surface area contributed by atoms with E-state index in [1.54, 1.807) is 18.2 Å². The van der Waals surface area contributed by atoms with Gasteiger partial charge in [-0.2, -0.15) is 0 Å². The lowest BCUT2D eigenvalue weighted by molar-refractivity contribution is 0.241. The molecule has 21 heavy (non-hydrogen) atoms. The average Bonchev–Trinajstić information content (AvgIpc) is 2.44. The summed E-state index contributed by atoms with van der Waals surface area (Å²) in [7, 11) is 1.96. The van der Waals surface area contributed by atoms with E-state index in [-0.39, 0.29) is 17.7 Å². The average molecular weight is 290 g/mol. The molecule has 0 radical (unpaired) electrons. The Labute approximate surface area is 124 Å². The molecule has 2 aromatic carbocycles. The summed E-state index contributed by atoms with van der Waals surface area (Å²) in [5, 5.41) is 0. The molecule has 0 amide bonds. The molecule has 112 valence electrons. The van der Waals surface area contributed by atoms with Crippen LogP contribution in [0, 0.1) is 18.6 Å². The van der Waals surface area contributed by atoms with Gasteiger partial charge in [0.05, 0.1) is 0 Å². The molecule has 0 fully saturated rings. The Morgan fingerprint density at radius 3 is 2.24 bits per heavy atom. The molecule has 0 aliphatic carbocycles. The predicted molar refractivity (Wildman–Crippen MR) is 80.8 cm³/mol. The van der Waals surface area contributed by atoms with Crippen LogP contribution in [0.25, 0.3) is 0 Å². The van der Waals surface area contributed by atoms with Crippen molar-refractivity contribution in [1.29, 1.82) is 0 Å². The van der Waals surface area contributed by atoms with Crippen molar-refractivity contribution in [2.24, 2.45) is 5.73 Å². The summed E-state index contributed by atoms with van der Waals surface area (Å²) < 4.78 is 26.2. The second kappa shape index (κ2) is 6.78. The fraction of sp³-hybridized carbons (Fsp3) is 0.294. The van der Waals surface area contributed by atoms with E-state index >= 15 is 0 Å². The molecular weight excluding hydrogens is 270 g/mol. The standard InChI is InChI=1S/C17H20F2N2/c1-12-9-15(19)7-8-16(12)17(10-20)21(2)11-13-3-5-14(18)6-4-13/h3-9,17H,10-11,20H2,1-2H3. The predicted octanol–water partition coefficient (Wildman–Crippen LogP) is 3.41. The molecule has 0 aliphatic heterocycles. The van der Waals surface area contributed by atoms with E-state index in [1.165, 1.54) is 24.3 Å². The third-order valence-corrected chi connectivity index (χ3v) is 3.69. The maximum atomic E-state index is 13.2. The zero-order chi connectivity index (χ0) is 15.4. The van der Waals surface area contributed by atoms with Crippen LogP contribution in [0.1, 0.15) is 22.7 Å². The van der Waals surface area contributed by atoms with Crippen LogP contribution < -0.4 is 5.73 Å². The Kier molecular flexibility index (Phi) is 5.04. The van der Waals surface area contributed by atoms with Gasteiger partial charge >= 0.3 is 0 Å². The van der Waals surface area contributed by atoms with Crippen molar-refractivity contribution in [2.75, 3.05) is 13.6 Å². The Morgan fingerprint density at radius 2 is 1.67 bits per heavy atom. The van der Waals surface area contributed by atoms with Crippen LogP contribution in [0.5, 0.6) is 0 Å².